The van der Waals surface area contributed by atoms with E-state index in [2.05, 4.69) is 28.6 Å². The van der Waals surface area contributed by atoms with Crippen LogP contribution in [0, 0.1) is 5.92 Å². The summed E-state index contributed by atoms with van der Waals surface area (Å²) in [6.07, 6.45) is -2.28. The summed E-state index contributed by atoms with van der Waals surface area (Å²) in [5.74, 6) is -3.95. The van der Waals surface area contributed by atoms with E-state index in [0.717, 1.165) is 0 Å². The average Bonchev–Trinajstić information content (AvgIpc) is 2.61. The van der Waals surface area contributed by atoms with E-state index in [1.165, 1.54) is 13.8 Å². The zero-order chi connectivity index (χ0) is 22.9. The number of nitrogens with two attached hydrogens (primary N) is 1. The van der Waals surface area contributed by atoms with Crippen molar-refractivity contribution in [1.29, 1.82) is 0 Å². The van der Waals surface area contributed by atoms with Crippen LogP contribution in [0.3, 0.4) is 0 Å². The first-order chi connectivity index (χ1) is 13.3. The lowest BCUT2D eigenvalue weighted by molar-refractivity contribution is -0.142. The van der Waals surface area contributed by atoms with Crippen molar-refractivity contribution in [3.8, 4) is 0 Å². The molecule has 6 atom stereocenters. The minimum Gasteiger partial charge on any atom is -0.480 e. The predicted molar refractivity (Wildman–Crippen MR) is 108 cm³/mol. The Morgan fingerprint density at radius 3 is 1.76 bits per heavy atom. The molecule has 0 aliphatic rings. The zero-order valence-electron chi connectivity index (χ0n) is 17.0. The lowest BCUT2D eigenvalue weighted by atomic mass is 10.0. The van der Waals surface area contributed by atoms with E-state index in [0.29, 0.717) is 0 Å². The number of carboxylic acids is 1. The van der Waals surface area contributed by atoms with Gasteiger partial charge in [-0.2, -0.15) is 12.6 Å². The van der Waals surface area contributed by atoms with Gasteiger partial charge in [0.15, 0.2) is 0 Å². The van der Waals surface area contributed by atoms with Crippen molar-refractivity contribution in [2.24, 2.45) is 11.7 Å². The SMILES string of the molecule is CC(C)CC(NC(=O)C(N)C(C)O)C(=O)NC(C(=O)NC(CS)C(=O)O)C(C)O. The van der Waals surface area contributed by atoms with Gasteiger partial charge >= 0.3 is 5.97 Å². The van der Waals surface area contributed by atoms with Crippen molar-refractivity contribution in [2.45, 2.75) is 70.5 Å². The molecule has 168 valence electrons. The number of thiol groups is 1. The molecule has 29 heavy (non-hydrogen) atoms. The van der Waals surface area contributed by atoms with Gasteiger partial charge < -0.3 is 37.0 Å². The second-order valence-electron chi connectivity index (χ2n) is 7.27. The number of nitrogens with one attached hydrogen (secondary N) is 3. The maximum Gasteiger partial charge on any atom is 0.327 e. The molecule has 0 aromatic heterocycles. The summed E-state index contributed by atoms with van der Waals surface area (Å²) in [4.78, 5) is 48.2. The second kappa shape index (κ2) is 12.6. The molecule has 0 aromatic rings. The standard InChI is InChI=1S/C17H32N4O7S/c1-7(2)5-10(19-15(25)12(18)8(3)22)14(24)21-13(9(4)23)16(26)20-11(6-29)17(27)28/h7-13,22-23,29H,5-6,18H2,1-4H3,(H,19,25)(H,20,26)(H,21,24)(H,27,28). The number of carbonyl (C=O) groups excluding carboxylic acids is 3. The van der Waals surface area contributed by atoms with Gasteiger partial charge in [0.25, 0.3) is 0 Å². The topological polar surface area (TPSA) is 191 Å². The normalized spacial score (nSPS) is 17.4. The highest BCUT2D eigenvalue weighted by Gasteiger charge is 2.33. The van der Waals surface area contributed by atoms with Gasteiger partial charge in [0.2, 0.25) is 17.7 Å². The molecule has 0 aliphatic carbocycles. The van der Waals surface area contributed by atoms with E-state index in [4.69, 9.17) is 10.8 Å². The highest BCUT2D eigenvalue weighted by molar-refractivity contribution is 7.80. The highest BCUT2D eigenvalue weighted by atomic mass is 32.1. The zero-order valence-corrected chi connectivity index (χ0v) is 17.8. The molecular formula is C17H32N4O7S. The van der Waals surface area contributed by atoms with Crippen LogP contribution in [0.15, 0.2) is 0 Å². The molecule has 11 nitrogen and oxygen atoms in total. The smallest absolute Gasteiger partial charge is 0.327 e. The minimum atomic E-state index is -1.46. The number of aliphatic carboxylic acids is 1. The number of aliphatic hydroxyl groups excluding tert-OH is 2. The summed E-state index contributed by atoms with van der Waals surface area (Å²) < 4.78 is 0. The highest BCUT2D eigenvalue weighted by Crippen LogP contribution is 2.07. The molecule has 12 heteroatoms. The molecule has 0 bridgehead atoms. The fourth-order valence-corrected chi connectivity index (χ4v) is 2.54. The molecule has 0 saturated carbocycles. The summed E-state index contributed by atoms with van der Waals surface area (Å²) in [5, 5.41) is 35.3. The fourth-order valence-electron chi connectivity index (χ4n) is 2.30. The molecule has 8 N–H and O–H groups in total. The molecule has 0 heterocycles. The van der Waals surface area contributed by atoms with Crippen molar-refractivity contribution >= 4 is 36.3 Å². The van der Waals surface area contributed by atoms with Crippen molar-refractivity contribution in [1.82, 2.24) is 16.0 Å². The van der Waals surface area contributed by atoms with Gasteiger partial charge in [0, 0.05) is 5.75 Å². The van der Waals surface area contributed by atoms with E-state index < -0.39 is 60.1 Å². The Balaban J connectivity index is 5.35. The summed E-state index contributed by atoms with van der Waals surface area (Å²) in [7, 11) is 0. The predicted octanol–water partition coefficient (Wildman–Crippen LogP) is -2.41. The molecule has 6 unspecified atom stereocenters. The third-order valence-corrected chi connectivity index (χ3v) is 4.39. The van der Waals surface area contributed by atoms with Crippen LogP contribution in [-0.4, -0.2) is 81.1 Å². The van der Waals surface area contributed by atoms with E-state index in [1.807, 2.05) is 13.8 Å². The maximum atomic E-state index is 12.7. The third kappa shape index (κ3) is 9.43. The maximum absolute atomic E-state index is 12.7. The Bertz CT molecular complexity index is 586. The van der Waals surface area contributed by atoms with Crippen LogP contribution in [0.25, 0.3) is 0 Å². The van der Waals surface area contributed by atoms with Gasteiger partial charge in [0.1, 0.15) is 24.2 Å². The molecule has 0 aromatic carbocycles. The third-order valence-electron chi connectivity index (χ3n) is 4.02. The van der Waals surface area contributed by atoms with E-state index >= 15 is 0 Å². The molecule has 0 spiro atoms. The lowest BCUT2D eigenvalue weighted by Gasteiger charge is -2.27. The number of amides is 3. The monoisotopic (exact) mass is 436 g/mol. The molecule has 0 saturated heterocycles. The van der Waals surface area contributed by atoms with Crippen molar-refractivity contribution < 1.29 is 34.5 Å². The Kier molecular flexibility index (Phi) is 11.8. The second-order valence-corrected chi connectivity index (χ2v) is 7.63. The summed E-state index contributed by atoms with van der Waals surface area (Å²) in [6.45, 7) is 6.20. The van der Waals surface area contributed by atoms with Gasteiger partial charge in [-0.15, -0.1) is 0 Å². The molecule has 0 rings (SSSR count). The molecular weight excluding hydrogens is 404 g/mol. The van der Waals surface area contributed by atoms with Crippen molar-refractivity contribution in [2.75, 3.05) is 5.75 Å². The number of carboxylic acid groups (broad SMARTS) is 1. The summed E-state index contributed by atoms with van der Waals surface area (Å²) >= 11 is 3.84. The Morgan fingerprint density at radius 2 is 1.38 bits per heavy atom. The van der Waals surface area contributed by atoms with Crippen molar-refractivity contribution in [3.05, 3.63) is 0 Å². The molecule has 0 fully saturated rings. The van der Waals surface area contributed by atoms with Crippen LogP contribution in [0.4, 0.5) is 0 Å². The van der Waals surface area contributed by atoms with Crippen LogP contribution in [0.5, 0.6) is 0 Å². The summed E-state index contributed by atoms with van der Waals surface area (Å²) in [5.41, 5.74) is 5.57. The average molecular weight is 437 g/mol. The van der Waals surface area contributed by atoms with Crippen LogP contribution >= 0.6 is 12.6 Å². The Hall–Kier alpha value is -1.89. The minimum absolute atomic E-state index is 0.0202. The molecule has 3 amide bonds. The van der Waals surface area contributed by atoms with Gasteiger partial charge in [-0.1, -0.05) is 13.8 Å². The van der Waals surface area contributed by atoms with Gasteiger partial charge in [-0.25, -0.2) is 4.79 Å². The molecule has 0 radical (unpaired) electrons. The largest absolute Gasteiger partial charge is 0.480 e. The number of rotatable bonds is 12. The van der Waals surface area contributed by atoms with E-state index in [9.17, 15) is 29.4 Å². The number of hydrogen-bond acceptors (Lipinski definition) is 8. The van der Waals surface area contributed by atoms with Gasteiger partial charge in [0.05, 0.1) is 12.2 Å². The Labute approximate surface area is 175 Å². The van der Waals surface area contributed by atoms with E-state index in [1.54, 1.807) is 0 Å². The van der Waals surface area contributed by atoms with Crippen molar-refractivity contribution in [3.63, 3.8) is 0 Å². The summed E-state index contributed by atoms with van der Waals surface area (Å²) in [6, 6.07) is -5.10. The van der Waals surface area contributed by atoms with Gasteiger partial charge in [-0.05, 0) is 26.2 Å². The number of carbonyl (C=O) groups is 4. The Morgan fingerprint density at radius 1 is 0.862 bits per heavy atom. The van der Waals surface area contributed by atoms with Gasteiger partial charge in [-0.3, -0.25) is 14.4 Å². The quantitative estimate of drug-likeness (QED) is 0.155. The van der Waals surface area contributed by atoms with Crippen LogP contribution in [0.2, 0.25) is 0 Å². The first-order valence-electron chi connectivity index (χ1n) is 9.18. The molecule has 0 aliphatic heterocycles. The first kappa shape index (κ1) is 27.1. The fraction of sp³-hybridized carbons (Fsp3) is 0.765. The lowest BCUT2D eigenvalue weighted by Crippen LogP contribution is -2.60. The van der Waals surface area contributed by atoms with Crippen LogP contribution in [0.1, 0.15) is 34.1 Å². The number of aliphatic hydroxyl groups is 2. The first-order valence-corrected chi connectivity index (χ1v) is 9.81. The van der Waals surface area contributed by atoms with Crippen LogP contribution < -0.4 is 21.7 Å². The van der Waals surface area contributed by atoms with Crippen LogP contribution in [-0.2, 0) is 19.2 Å². The van der Waals surface area contributed by atoms with E-state index in [-0.39, 0.29) is 18.1 Å². The number of hydrogen-bond donors (Lipinski definition) is 8.